The molecule has 0 aliphatic heterocycles. The highest BCUT2D eigenvalue weighted by atomic mass is 35.5. The van der Waals surface area contributed by atoms with E-state index in [1.54, 1.807) is 36.9 Å². The number of hydrogen-bond acceptors (Lipinski definition) is 8. The lowest BCUT2D eigenvalue weighted by Crippen LogP contribution is -2.20. The summed E-state index contributed by atoms with van der Waals surface area (Å²) in [5.74, 6) is 0.484. The van der Waals surface area contributed by atoms with E-state index in [1.165, 1.54) is 24.5 Å². The summed E-state index contributed by atoms with van der Waals surface area (Å²) in [5.41, 5.74) is 4.68. The maximum atomic E-state index is 13.5. The van der Waals surface area contributed by atoms with E-state index in [-0.39, 0.29) is 5.02 Å². The Morgan fingerprint density at radius 1 is 1.11 bits per heavy atom. The van der Waals surface area contributed by atoms with Gasteiger partial charge in [-0.2, -0.15) is 0 Å². The third-order valence-corrected chi connectivity index (χ3v) is 5.78. The fourth-order valence-corrected chi connectivity index (χ4v) is 3.75. The number of nitrogens with one attached hydrogen (secondary N) is 3. The lowest BCUT2D eigenvalue weighted by molar-refractivity contribution is -0.124. The molecule has 0 bridgehead atoms. The number of anilines is 2. The highest BCUT2D eigenvalue weighted by Gasteiger charge is 2.12. The molecule has 0 unspecified atom stereocenters. The smallest absolute Gasteiger partial charge is 0.267 e. The molecule has 3 aromatic carbocycles. The molecular weight excluding hydrogens is 513 g/mol. The first-order chi connectivity index (χ1) is 18.5. The van der Waals surface area contributed by atoms with E-state index in [0.717, 1.165) is 11.1 Å². The minimum atomic E-state index is -0.586. The van der Waals surface area contributed by atoms with Gasteiger partial charge in [0.2, 0.25) is 0 Å². The number of benzene rings is 3. The van der Waals surface area contributed by atoms with Gasteiger partial charge in [-0.1, -0.05) is 35.9 Å². The van der Waals surface area contributed by atoms with Crippen molar-refractivity contribution in [2.45, 2.75) is 6.54 Å². The van der Waals surface area contributed by atoms with E-state index in [0.29, 0.717) is 53.6 Å². The van der Waals surface area contributed by atoms with Crippen molar-refractivity contribution in [3.05, 3.63) is 89.0 Å². The normalized spacial score (nSPS) is 11.1. The number of nitrogens with zero attached hydrogens (tertiary/aromatic N) is 2. The Hall–Kier alpha value is -4.25. The van der Waals surface area contributed by atoms with Gasteiger partial charge >= 0.3 is 0 Å². The second-order valence-corrected chi connectivity index (χ2v) is 8.48. The summed E-state index contributed by atoms with van der Waals surface area (Å²) in [4.78, 5) is 19.7. The summed E-state index contributed by atoms with van der Waals surface area (Å²) in [6.45, 7) is 1.58. The Morgan fingerprint density at radius 2 is 1.92 bits per heavy atom. The molecule has 0 radical (unpaired) electrons. The number of ether oxygens (including phenoxy) is 2. The Kier molecular flexibility index (Phi) is 9.04. The van der Waals surface area contributed by atoms with Crippen LogP contribution in [0.25, 0.3) is 17.0 Å². The summed E-state index contributed by atoms with van der Waals surface area (Å²) >= 11 is 5.91. The van der Waals surface area contributed by atoms with Crippen molar-refractivity contribution in [2.24, 2.45) is 0 Å². The highest BCUT2D eigenvalue weighted by Crippen LogP contribution is 2.35. The number of carbonyl (C=O) groups is 1. The van der Waals surface area contributed by atoms with Crippen molar-refractivity contribution in [2.75, 3.05) is 25.6 Å². The number of carbonyl (C=O) groups excluding carboxylic acids is 1. The molecule has 1 aromatic heterocycles. The molecule has 1 heterocycles. The van der Waals surface area contributed by atoms with E-state index in [4.69, 9.17) is 26.3 Å². The molecule has 196 valence electrons. The number of hydroxylamine groups is 1. The lowest BCUT2D eigenvalue weighted by Gasteiger charge is -2.14. The molecule has 4 rings (SSSR count). The van der Waals surface area contributed by atoms with Crippen LogP contribution in [0.4, 0.5) is 15.9 Å². The van der Waals surface area contributed by atoms with Crippen LogP contribution in [0.5, 0.6) is 11.5 Å². The Balaban J connectivity index is 1.37. The Morgan fingerprint density at radius 3 is 2.66 bits per heavy atom. The van der Waals surface area contributed by atoms with E-state index >= 15 is 0 Å². The average Bonchev–Trinajstić information content (AvgIpc) is 2.94. The van der Waals surface area contributed by atoms with Gasteiger partial charge < -0.3 is 20.1 Å². The van der Waals surface area contributed by atoms with Crippen molar-refractivity contribution in [3.63, 3.8) is 0 Å². The van der Waals surface area contributed by atoms with Crippen molar-refractivity contribution in [1.29, 1.82) is 0 Å². The topological polar surface area (TPSA) is 118 Å². The second-order valence-electron chi connectivity index (χ2n) is 8.07. The molecule has 0 saturated carbocycles. The third kappa shape index (κ3) is 6.94. The number of rotatable bonds is 11. The van der Waals surface area contributed by atoms with Gasteiger partial charge in [0.25, 0.3) is 5.91 Å². The van der Waals surface area contributed by atoms with Crippen molar-refractivity contribution < 1.29 is 23.9 Å². The zero-order valence-electron chi connectivity index (χ0n) is 20.4. The van der Waals surface area contributed by atoms with Gasteiger partial charge in [-0.25, -0.2) is 19.8 Å². The summed E-state index contributed by atoms with van der Waals surface area (Å²) in [6, 6.07) is 15.5. The van der Waals surface area contributed by atoms with E-state index in [2.05, 4.69) is 20.6 Å². The average molecular weight is 538 g/mol. The zero-order chi connectivity index (χ0) is 26.9. The molecule has 4 aromatic rings. The third-order valence-electron chi connectivity index (χ3n) is 5.49. The molecule has 0 atom stereocenters. The quantitative estimate of drug-likeness (QED) is 0.0927. The fourth-order valence-electron chi connectivity index (χ4n) is 3.57. The van der Waals surface area contributed by atoms with E-state index < -0.39 is 11.7 Å². The molecular formula is C27H25ClFN5O4. The molecule has 0 spiro atoms. The SMILES string of the molecule is COc1cc2ncnc(Nc3ccc(F)c(Cl)c3)c2cc1OCCNCc1ccc(/C=C/C(=O)NO)cc1. The van der Waals surface area contributed by atoms with Gasteiger partial charge in [0.15, 0.2) is 11.5 Å². The number of methoxy groups -OCH3 is 1. The molecule has 11 heteroatoms. The van der Waals surface area contributed by atoms with Crippen molar-refractivity contribution >= 4 is 46.0 Å². The van der Waals surface area contributed by atoms with Crippen LogP contribution in [0.3, 0.4) is 0 Å². The van der Waals surface area contributed by atoms with Crippen LogP contribution in [-0.2, 0) is 11.3 Å². The number of aromatic nitrogens is 2. The number of amides is 1. The maximum absolute atomic E-state index is 13.5. The predicted octanol–water partition coefficient (Wildman–Crippen LogP) is 4.86. The molecule has 0 aliphatic rings. The minimum absolute atomic E-state index is 0.00595. The minimum Gasteiger partial charge on any atom is -0.493 e. The van der Waals surface area contributed by atoms with Crippen LogP contribution in [0, 0.1) is 5.82 Å². The molecule has 0 aliphatic carbocycles. The number of halogens is 2. The van der Waals surface area contributed by atoms with Gasteiger partial charge in [0, 0.05) is 36.3 Å². The van der Waals surface area contributed by atoms with Gasteiger partial charge in [-0.15, -0.1) is 0 Å². The van der Waals surface area contributed by atoms with Gasteiger partial charge in [-0.3, -0.25) is 10.0 Å². The van der Waals surface area contributed by atoms with Gasteiger partial charge in [0.1, 0.15) is 24.6 Å². The van der Waals surface area contributed by atoms with Crippen LogP contribution < -0.4 is 25.6 Å². The highest BCUT2D eigenvalue weighted by molar-refractivity contribution is 6.31. The first-order valence-electron chi connectivity index (χ1n) is 11.6. The monoisotopic (exact) mass is 537 g/mol. The van der Waals surface area contributed by atoms with Crippen molar-refractivity contribution in [3.8, 4) is 11.5 Å². The lowest BCUT2D eigenvalue weighted by atomic mass is 10.1. The predicted molar refractivity (Wildman–Crippen MR) is 143 cm³/mol. The van der Waals surface area contributed by atoms with Gasteiger partial charge in [-0.05, 0) is 41.5 Å². The number of fused-ring (bicyclic) bond motifs is 1. The Bertz CT molecular complexity index is 1450. The maximum Gasteiger partial charge on any atom is 0.267 e. The standard InChI is InChI=1S/C27H25ClFN5O4/c1-37-24-14-23-20(27(32-16-31-23)33-19-7-8-22(29)21(28)12-19)13-25(24)38-11-10-30-15-18-4-2-17(3-5-18)6-9-26(35)34-36/h2-9,12-14,16,30,36H,10-11,15H2,1H3,(H,34,35)(H,31,32,33)/b9-6+. The van der Waals surface area contributed by atoms with Crippen molar-refractivity contribution in [1.82, 2.24) is 20.8 Å². The zero-order valence-corrected chi connectivity index (χ0v) is 21.1. The van der Waals surface area contributed by atoms with E-state index in [1.807, 2.05) is 24.3 Å². The summed E-state index contributed by atoms with van der Waals surface area (Å²) in [7, 11) is 1.56. The Labute approximate surface area is 223 Å². The fraction of sp³-hybridized carbons (Fsp3) is 0.148. The summed E-state index contributed by atoms with van der Waals surface area (Å²) in [5, 5.41) is 15.7. The molecule has 9 nitrogen and oxygen atoms in total. The molecule has 4 N–H and O–H groups in total. The summed E-state index contributed by atoms with van der Waals surface area (Å²) in [6.07, 6.45) is 4.28. The first kappa shape index (κ1) is 26.8. The van der Waals surface area contributed by atoms with Gasteiger partial charge in [0.05, 0.1) is 17.6 Å². The summed E-state index contributed by atoms with van der Waals surface area (Å²) < 4.78 is 25.0. The van der Waals surface area contributed by atoms with Crippen LogP contribution in [0.1, 0.15) is 11.1 Å². The van der Waals surface area contributed by atoms with Crippen LogP contribution in [0.2, 0.25) is 5.02 Å². The second kappa shape index (κ2) is 12.8. The molecule has 0 saturated heterocycles. The van der Waals surface area contributed by atoms with Crippen LogP contribution in [0.15, 0.2) is 67.0 Å². The largest absolute Gasteiger partial charge is 0.493 e. The van der Waals surface area contributed by atoms with Crippen LogP contribution >= 0.6 is 11.6 Å². The molecule has 0 fully saturated rings. The van der Waals surface area contributed by atoms with Crippen LogP contribution in [-0.4, -0.2) is 41.3 Å². The molecule has 1 amide bonds. The number of hydrogen-bond donors (Lipinski definition) is 4. The first-order valence-corrected chi connectivity index (χ1v) is 11.9. The van der Waals surface area contributed by atoms with E-state index in [9.17, 15) is 9.18 Å². The molecule has 38 heavy (non-hydrogen) atoms.